The maximum atomic E-state index is 12.5. The Labute approximate surface area is 377 Å². The van der Waals surface area contributed by atoms with Gasteiger partial charge in [0.1, 0.15) is 0 Å². The fourth-order valence-electron chi connectivity index (χ4n) is 9.01. The number of unbranched alkanes of at least 4 members (excludes halogenated alkanes) is 43. The third-order valence-corrected chi connectivity index (χ3v) is 13.3. The lowest BCUT2D eigenvalue weighted by atomic mass is 10.0. The zero-order chi connectivity index (χ0) is 43.5. The Bertz CT molecular complexity index is 829. The standard InChI is InChI=1S/C56H111NO3/c1-3-5-7-9-11-13-15-17-19-21-22-23-24-25-26-27-28-29-30-31-32-33-34-35-36-38-40-42-44-46-48-50-52-56(60)57-54(53-58)55(59)51-49-47-45-43-41-39-37-20-18-16-14-12-10-8-6-4-2/h25-26,54-55,58-59H,3-24,27-53H2,1-2H3,(H,57,60)/b26-25-. The van der Waals surface area contributed by atoms with E-state index in [0.29, 0.717) is 12.8 Å². The molecule has 0 heterocycles. The highest BCUT2D eigenvalue weighted by molar-refractivity contribution is 5.76. The highest BCUT2D eigenvalue weighted by Gasteiger charge is 2.20. The lowest BCUT2D eigenvalue weighted by Gasteiger charge is -2.22. The van der Waals surface area contributed by atoms with Crippen LogP contribution in [0.4, 0.5) is 0 Å². The molecule has 4 heteroatoms. The summed E-state index contributed by atoms with van der Waals surface area (Å²) in [4.78, 5) is 12.5. The van der Waals surface area contributed by atoms with E-state index in [0.717, 1.165) is 25.7 Å². The van der Waals surface area contributed by atoms with Crippen LogP contribution >= 0.6 is 0 Å². The summed E-state index contributed by atoms with van der Waals surface area (Å²) in [6, 6.07) is -0.532. The van der Waals surface area contributed by atoms with Crippen molar-refractivity contribution in [2.24, 2.45) is 0 Å². The van der Waals surface area contributed by atoms with Crippen LogP contribution in [-0.2, 0) is 4.79 Å². The van der Waals surface area contributed by atoms with Crippen molar-refractivity contribution in [3.8, 4) is 0 Å². The Morgan fingerprint density at radius 3 is 0.917 bits per heavy atom. The summed E-state index contributed by atoms with van der Waals surface area (Å²) in [5.41, 5.74) is 0. The number of hydrogen-bond donors (Lipinski definition) is 3. The van der Waals surface area contributed by atoms with E-state index in [2.05, 4.69) is 31.3 Å². The number of rotatable bonds is 52. The van der Waals surface area contributed by atoms with Crippen molar-refractivity contribution in [3.63, 3.8) is 0 Å². The molecule has 4 nitrogen and oxygen atoms in total. The Hall–Kier alpha value is -0.870. The molecule has 60 heavy (non-hydrogen) atoms. The Morgan fingerprint density at radius 1 is 0.383 bits per heavy atom. The molecular formula is C56H111NO3. The van der Waals surface area contributed by atoms with Crippen molar-refractivity contribution >= 4 is 5.91 Å². The Kier molecular flexibility index (Phi) is 51.7. The van der Waals surface area contributed by atoms with Crippen LogP contribution in [0.15, 0.2) is 12.2 Å². The van der Waals surface area contributed by atoms with Gasteiger partial charge in [-0.05, 0) is 38.5 Å². The predicted octanol–water partition coefficient (Wildman–Crippen LogP) is 18.1. The zero-order valence-corrected chi connectivity index (χ0v) is 41.3. The molecular weight excluding hydrogens is 735 g/mol. The van der Waals surface area contributed by atoms with Gasteiger partial charge in [0.25, 0.3) is 0 Å². The number of nitrogens with one attached hydrogen (secondary N) is 1. The van der Waals surface area contributed by atoms with Gasteiger partial charge in [-0.1, -0.05) is 289 Å². The largest absolute Gasteiger partial charge is 0.394 e. The molecule has 0 saturated carbocycles. The number of allylic oxidation sites excluding steroid dienone is 2. The van der Waals surface area contributed by atoms with Gasteiger partial charge in [0.05, 0.1) is 18.8 Å². The molecule has 0 fully saturated rings. The zero-order valence-electron chi connectivity index (χ0n) is 41.3. The molecule has 0 saturated heterocycles. The lowest BCUT2D eigenvalue weighted by Crippen LogP contribution is -2.45. The number of aliphatic hydroxyl groups is 2. The minimum absolute atomic E-state index is 0.0249. The monoisotopic (exact) mass is 846 g/mol. The third-order valence-electron chi connectivity index (χ3n) is 13.3. The molecule has 2 unspecified atom stereocenters. The van der Waals surface area contributed by atoms with Crippen LogP contribution in [0.5, 0.6) is 0 Å². The number of aliphatic hydroxyl groups excluding tert-OH is 2. The van der Waals surface area contributed by atoms with Crippen molar-refractivity contribution in [1.29, 1.82) is 0 Å². The van der Waals surface area contributed by atoms with Crippen LogP contribution in [0, 0.1) is 0 Å². The highest BCUT2D eigenvalue weighted by atomic mass is 16.3. The first-order valence-corrected chi connectivity index (χ1v) is 27.9. The van der Waals surface area contributed by atoms with Gasteiger partial charge < -0.3 is 15.5 Å². The molecule has 0 bridgehead atoms. The first kappa shape index (κ1) is 59.1. The summed E-state index contributed by atoms with van der Waals surface area (Å²) in [6.45, 7) is 4.39. The van der Waals surface area contributed by atoms with E-state index in [1.807, 2.05) is 0 Å². The first-order valence-electron chi connectivity index (χ1n) is 27.9. The van der Waals surface area contributed by atoms with Crippen LogP contribution in [0.2, 0.25) is 0 Å². The smallest absolute Gasteiger partial charge is 0.220 e. The van der Waals surface area contributed by atoms with Gasteiger partial charge in [0.2, 0.25) is 5.91 Å². The second kappa shape index (κ2) is 52.5. The topological polar surface area (TPSA) is 69.6 Å². The van der Waals surface area contributed by atoms with Crippen LogP contribution in [-0.4, -0.2) is 34.9 Å². The second-order valence-electron chi connectivity index (χ2n) is 19.4. The molecule has 0 aliphatic heterocycles. The van der Waals surface area contributed by atoms with Gasteiger partial charge in [-0.15, -0.1) is 0 Å². The summed E-state index contributed by atoms with van der Waals surface area (Å²) in [6.07, 6.45) is 67.7. The fourth-order valence-corrected chi connectivity index (χ4v) is 9.01. The highest BCUT2D eigenvalue weighted by Crippen LogP contribution is 2.18. The summed E-state index contributed by atoms with van der Waals surface area (Å²) < 4.78 is 0. The van der Waals surface area contributed by atoms with Crippen molar-refractivity contribution in [2.75, 3.05) is 6.61 Å². The maximum Gasteiger partial charge on any atom is 0.220 e. The van der Waals surface area contributed by atoms with Gasteiger partial charge in [-0.3, -0.25) is 4.79 Å². The molecule has 0 spiro atoms. The normalized spacial score (nSPS) is 12.8. The third kappa shape index (κ3) is 48.2. The van der Waals surface area contributed by atoms with E-state index in [1.54, 1.807) is 0 Å². The average Bonchev–Trinajstić information content (AvgIpc) is 3.25. The van der Waals surface area contributed by atoms with Crippen molar-refractivity contribution in [2.45, 2.75) is 334 Å². The second-order valence-corrected chi connectivity index (χ2v) is 19.4. The van der Waals surface area contributed by atoms with Gasteiger partial charge in [-0.2, -0.15) is 0 Å². The van der Waals surface area contributed by atoms with Crippen LogP contribution < -0.4 is 5.32 Å². The molecule has 1 amide bonds. The fraction of sp³-hybridized carbons (Fsp3) is 0.946. The molecule has 0 rings (SSSR count). The molecule has 0 aliphatic carbocycles. The van der Waals surface area contributed by atoms with Gasteiger partial charge in [0.15, 0.2) is 0 Å². The average molecular weight is 847 g/mol. The molecule has 0 aromatic rings. The van der Waals surface area contributed by atoms with E-state index in [4.69, 9.17) is 0 Å². The number of carbonyl (C=O) groups is 1. The summed E-state index contributed by atoms with van der Waals surface area (Å²) in [7, 11) is 0. The van der Waals surface area contributed by atoms with Crippen molar-refractivity contribution in [3.05, 3.63) is 12.2 Å². The SMILES string of the molecule is CCCCCCCCCCCCCC/C=C\CCCCCCCCCCCCCCCCCCC(=O)NC(CO)C(O)CCCCCCCCCCCCCCCCCC. The number of hydrogen-bond acceptors (Lipinski definition) is 3. The molecule has 0 aromatic heterocycles. The van der Waals surface area contributed by atoms with Crippen molar-refractivity contribution < 1.29 is 15.0 Å². The molecule has 2 atom stereocenters. The van der Waals surface area contributed by atoms with E-state index < -0.39 is 12.1 Å². The number of amides is 1. The van der Waals surface area contributed by atoms with E-state index in [9.17, 15) is 15.0 Å². The summed E-state index contributed by atoms with van der Waals surface area (Å²) in [5.74, 6) is -0.0249. The van der Waals surface area contributed by atoms with Crippen LogP contribution in [0.25, 0.3) is 0 Å². The van der Waals surface area contributed by atoms with E-state index >= 15 is 0 Å². The van der Waals surface area contributed by atoms with Crippen LogP contribution in [0.1, 0.15) is 322 Å². The summed E-state index contributed by atoms with van der Waals surface area (Å²) >= 11 is 0. The van der Waals surface area contributed by atoms with Gasteiger partial charge in [0, 0.05) is 6.42 Å². The maximum absolute atomic E-state index is 12.5. The quantitative estimate of drug-likeness (QED) is 0.0422. The van der Waals surface area contributed by atoms with Gasteiger partial charge in [-0.25, -0.2) is 0 Å². The van der Waals surface area contributed by atoms with E-state index in [-0.39, 0.29) is 12.5 Å². The molecule has 0 radical (unpaired) electrons. The first-order chi connectivity index (χ1) is 29.7. The minimum Gasteiger partial charge on any atom is -0.394 e. The van der Waals surface area contributed by atoms with E-state index in [1.165, 1.54) is 270 Å². The molecule has 0 aliphatic rings. The Balaban J connectivity index is 3.39. The molecule has 358 valence electrons. The van der Waals surface area contributed by atoms with Gasteiger partial charge >= 0.3 is 0 Å². The van der Waals surface area contributed by atoms with Crippen LogP contribution in [0.3, 0.4) is 0 Å². The predicted molar refractivity (Wildman–Crippen MR) is 267 cm³/mol. The molecule has 3 N–H and O–H groups in total. The number of carbonyl (C=O) groups excluding carboxylic acids is 1. The Morgan fingerprint density at radius 2 is 0.633 bits per heavy atom. The lowest BCUT2D eigenvalue weighted by molar-refractivity contribution is -0.123. The minimum atomic E-state index is -0.656. The molecule has 0 aromatic carbocycles. The van der Waals surface area contributed by atoms with Crippen molar-refractivity contribution in [1.82, 2.24) is 5.32 Å². The summed E-state index contributed by atoms with van der Waals surface area (Å²) in [5, 5.41) is 23.3.